The van der Waals surface area contributed by atoms with Gasteiger partial charge in [-0.3, -0.25) is 9.88 Å². The molecule has 0 aromatic carbocycles. The van der Waals surface area contributed by atoms with Crippen molar-refractivity contribution in [3.8, 4) is 11.3 Å². The van der Waals surface area contributed by atoms with Crippen molar-refractivity contribution in [2.75, 3.05) is 13.1 Å². The molecule has 3 aromatic rings. The number of aromatic nitrogens is 4. The molecule has 0 amide bonds. The molecular weight excluding hydrogens is 306 g/mol. The van der Waals surface area contributed by atoms with Gasteiger partial charge in [-0.05, 0) is 35.9 Å². The van der Waals surface area contributed by atoms with Crippen LogP contribution in [0.2, 0.25) is 0 Å². The van der Waals surface area contributed by atoms with Crippen LogP contribution in [0.25, 0.3) is 11.3 Å². The van der Waals surface area contributed by atoms with E-state index in [0.29, 0.717) is 6.04 Å². The van der Waals surface area contributed by atoms with E-state index in [1.54, 1.807) is 11.3 Å². The minimum Gasteiger partial charge on any atom is -0.299 e. The van der Waals surface area contributed by atoms with Crippen LogP contribution >= 0.6 is 11.3 Å². The Morgan fingerprint density at radius 2 is 2.13 bits per heavy atom. The molecule has 0 aliphatic carbocycles. The molecule has 1 saturated heterocycles. The molecule has 1 aliphatic heterocycles. The summed E-state index contributed by atoms with van der Waals surface area (Å²) in [5, 5.41) is 12.9. The fourth-order valence-electron chi connectivity index (χ4n) is 3.09. The summed E-state index contributed by atoms with van der Waals surface area (Å²) in [7, 11) is 0. The average molecular weight is 325 g/mol. The molecule has 23 heavy (non-hydrogen) atoms. The second-order valence-electron chi connectivity index (χ2n) is 5.96. The number of rotatable bonds is 4. The Hall–Kier alpha value is -2.05. The highest BCUT2D eigenvalue weighted by molar-refractivity contribution is 7.08. The molecule has 6 heteroatoms. The maximum Gasteiger partial charge on any atom is 0.113 e. The highest BCUT2D eigenvalue weighted by Gasteiger charge is 2.22. The van der Waals surface area contributed by atoms with Crippen molar-refractivity contribution in [3.05, 3.63) is 53.1 Å². The maximum absolute atomic E-state index is 4.35. The van der Waals surface area contributed by atoms with Gasteiger partial charge in [0.25, 0.3) is 0 Å². The van der Waals surface area contributed by atoms with Crippen molar-refractivity contribution < 1.29 is 0 Å². The molecule has 0 unspecified atom stereocenters. The fraction of sp³-hybridized carbons (Fsp3) is 0.353. The summed E-state index contributed by atoms with van der Waals surface area (Å²) in [5.41, 5.74) is 3.42. The van der Waals surface area contributed by atoms with Gasteiger partial charge in [-0.2, -0.15) is 11.3 Å². The monoisotopic (exact) mass is 325 g/mol. The van der Waals surface area contributed by atoms with Crippen LogP contribution in [0.1, 0.15) is 24.4 Å². The quantitative estimate of drug-likeness (QED) is 0.739. The molecule has 5 nitrogen and oxygen atoms in total. The van der Waals surface area contributed by atoms with Crippen molar-refractivity contribution in [1.82, 2.24) is 24.9 Å². The number of hydrogen-bond acceptors (Lipinski definition) is 5. The van der Waals surface area contributed by atoms with Gasteiger partial charge in [-0.1, -0.05) is 11.3 Å². The Labute approximate surface area is 139 Å². The summed E-state index contributed by atoms with van der Waals surface area (Å²) in [6, 6.07) is 6.70. The molecule has 118 valence electrons. The molecule has 0 atom stereocenters. The summed E-state index contributed by atoms with van der Waals surface area (Å²) in [6.07, 6.45) is 8.10. The molecule has 1 fully saturated rings. The lowest BCUT2D eigenvalue weighted by molar-refractivity contribution is 0.172. The van der Waals surface area contributed by atoms with Gasteiger partial charge in [-0.25, -0.2) is 4.68 Å². The lowest BCUT2D eigenvalue weighted by Gasteiger charge is -2.31. The molecule has 0 radical (unpaired) electrons. The zero-order valence-corrected chi connectivity index (χ0v) is 13.7. The van der Waals surface area contributed by atoms with Crippen molar-refractivity contribution in [3.63, 3.8) is 0 Å². The van der Waals surface area contributed by atoms with Gasteiger partial charge < -0.3 is 0 Å². The third kappa shape index (κ3) is 3.33. The van der Waals surface area contributed by atoms with Crippen molar-refractivity contribution >= 4 is 11.3 Å². The zero-order chi connectivity index (χ0) is 15.5. The Morgan fingerprint density at radius 1 is 1.22 bits per heavy atom. The third-order valence-corrected chi connectivity index (χ3v) is 5.07. The summed E-state index contributed by atoms with van der Waals surface area (Å²) >= 11 is 1.69. The summed E-state index contributed by atoms with van der Waals surface area (Å²) in [5.74, 6) is 0. The summed E-state index contributed by atoms with van der Waals surface area (Å²) < 4.78 is 2.05. The first-order valence-electron chi connectivity index (χ1n) is 7.94. The molecule has 0 bridgehead atoms. The second-order valence-corrected chi connectivity index (χ2v) is 6.74. The number of thiophene rings is 1. The van der Waals surface area contributed by atoms with E-state index in [-0.39, 0.29) is 0 Å². The smallest absolute Gasteiger partial charge is 0.113 e. The van der Waals surface area contributed by atoms with Crippen molar-refractivity contribution in [1.29, 1.82) is 0 Å². The molecule has 1 aliphatic rings. The van der Waals surface area contributed by atoms with E-state index in [2.05, 4.69) is 54.0 Å². The summed E-state index contributed by atoms with van der Waals surface area (Å²) in [4.78, 5) is 6.68. The predicted octanol–water partition coefficient (Wildman–Crippen LogP) is 3.24. The van der Waals surface area contributed by atoms with E-state index in [1.165, 1.54) is 5.56 Å². The van der Waals surface area contributed by atoms with Gasteiger partial charge in [0.15, 0.2) is 0 Å². The normalized spacial score (nSPS) is 16.7. The highest BCUT2D eigenvalue weighted by atomic mass is 32.1. The van der Waals surface area contributed by atoms with Gasteiger partial charge >= 0.3 is 0 Å². The molecular formula is C17H19N5S. The Bertz CT molecular complexity index is 729. The first-order chi connectivity index (χ1) is 11.4. The molecule has 4 heterocycles. The lowest BCUT2D eigenvalue weighted by atomic mass is 10.0. The van der Waals surface area contributed by atoms with Crippen LogP contribution in [0.15, 0.2) is 47.5 Å². The minimum atomic E-state index is 0.458. The van der Waals surface area contributed by atoms with E-state index >= 15 is 0 Å². The Kier molecular flexibility index (Phi) is 4.17. The van der Waals surface area contributed by atoms with Crippen LogP contribution < -0.4 is 0 Å². The standard InChI is InChI=1S/C17H19N5S/c1-2-14(10-18-6-1)11-21-7-3-16(4-8-21)22-12-17(19-20-22)15-5-9-23-13-15/h1-2,5-6,9-10,12-13,16H,3-4,7-8,11H2. The van der Waals surface area contributed by atoms with E-state index in [1.807, 2.05) is 18.5 Å². The van der Waals surface area contributed by atoms with Gasteiger partial charge in [0, 0.05) is 43.0 Å². The van der Waals surface area contributed by atoms with E-state index < -0.39 is 0 Å². The van der Waals surface area contributed by atoms with Crippen LogP contribution in [-0.4, -0.2) is 38.0 Å². The number of nitrogens with zero attached hydrogens (tertiary/aromatic N) is 5. The largest absolute Gasteiger partial charge is 0.299 e. The zero-order valence-electron chi connectivity index (χ0n) is 12.9. The average Bonchev–Trinajstić information content (AvgIpc) is 3.28. The van der Waals surface area contributed by atoms with Gasteiger partial charge in [0.2, 0.25) is 0 Å². The molecule has 0 saturated carbocycles. The van der Waals surface area contributed by atoms with Crippen molar-refractivity contribution in [2.45, 2.75) is 25.4 Å². The highest BCUT2D eigenvalue weighted by Crippen LogP contribution is 2.25. The molecule has 0 spiro atoms. The molecule has 3 aromatic heterocycles. The van der Waals surface area contributed by atoms with Crippen LogP contribution in [0, 0.1) is 0 Å². The fourth-order valence-corrected chi connectivity index (χ4v) is 3.74. The third-order valence-electron chi connectivity index (χ3n) is 4.39. The van der Waals surface area contributed by atoms with Crippen molar-refractivity contribution in [2.24, 2.45) is 0 Å². The predicted molar refractivity (Wildman–Crippen MR) is 91.1 cm³/mol. The lowest BCUT2D eigenvalue weighted by Crippen LogP contribution is -2.34. The topological polar surface area (TPSA) is 46.8 Å². The second kappa shape index (κ2) is 6.60. The van der Waals surface area contributed by atoms with Gasteiger partial charge in [-0.15, -0.1) is 5.10 Å². The molecule has 0 N–H and O–H groups in total. The first-order valence-corrected chi connectivity index (χ1v) is 8.88. The number of piperidine rings is 1. The molecule has 4 rings (SSSR count). The van der Waals surface area contributed by atoms with E-state index in [0.717, 1.165) is 43.7 Å². The SMILES string of the molecule is c1cncc(CN2CCC(n3cc(-c4ccsc4)nn3)CC2)c1. The van der Waals surface area contributed by atoms with E-state index in [9.17, 15) is 0 Å². The van der Waals surface area contributed by atoms with Crippen LogP contribution in [0.4, 0.5) is 0 Å². The number of hydrogen-bond donors (Lipinski definition) is 0. The number of likely N-dealkylation sites (tertiary alicyclic amines) is 1. The van der Waals surface area contributed by atoms with E-state index in [4.69, 9.17) is 0 Å². The minimum absolute atomic E-state index is 0.458. The van der Waals surface area contributed by atoms with Gasteiger partial charge in [0.05, 0.1) is 12.2 Å². The number of pyridine rings is 1. The van der Waals surface area contributed by atoms with Crippen LogP contribution in [0.3, 0.4) is 0 Å². The summed E-state index contributed by atoms with van der Waals surface area (Å²) in [6.45, 7) is 3.17. The maximum atomic E-state index is 4.35. The van der Waals surface area contributed by atoms with Crippen LogP contribution in [0.5, 0.6) is 0 Å². The van der Waals surface area contributed by atoms with Crippen LogP contribution in [-0.2, 0) is 6.54 Å². The Morgan fingerprint density at radius 3 is 2.87 bits per heavy atom. The van der Waals surface area contributed by atoms with Gasteiger partial charge in [0.1, 0.15) is 5.69 Å². The Balaban J connectivity index is 1.36. The first kappa shape index (κ1) is 14.5.